The van der Waals surface area contributed by atoms with Crippen molar-refractivity contribution in [1.29, 1.82) is 0 Å². The molecular weight excluding hydrogens is 538 g/mol. The van der Waals surface area contributed by atoms with Crippen LogP contribution >= 0.6 is 22.7 Å². The molecule has 3 aromatic heterocycles. The molecule has 1 aliphatic carbocycles. The summed E-state index contributed by atoms with van der Waals surface area (Å²) in [6, 6.07) is 1.64. The highest BCUT2D eigenvalue weighted by atomic mass is 32.2. The molecule has 1 aliphatic heterocycles. The van der Waals surface area contributed by atoms with Gasteiger partial charge in [0, 0.05) is 35.0 Å². The Balaban J connectivity index is 1.34. The van der Waals surface area contributed by atoms with Crippen molar-refractivity contribution in [3.63, 3.8) is 0 Å². The van der Waals surface area contributed by atoms with Gasteiger partial charge >= 0.3 is 10.3 Å². The molecule has 1 fully saturated rings. The first-order valence-electron chi connectivity index (χ1n) is 11.7. The van der Waals surface area contributed by atoms with E-state index in [9.17, 15) is 18.3 Å². The Bertz CT molecular complexity index is 1420. The lowest BCUT2D eigenvalue weighted by molar-refractivity contribution is 0.0716. The lowest BCUT2D eigenvalue weighted by atomic mass is 10.0. The quantitative estimate of drug-likeness (QED) is 0.345. The van der Waals surface area contributed by atoms with E-state index in [1.807, 2.05) is 19.9 Å². The summed E-state index contributed by atoms with van der Waals surface area (Å²) in [5, 5.41) is 19.5. The number of ketones is 1. The van der Waals surface area contributed by atoms with E-state index in [4.69, 9.17) is 9.88 Å². The van der Waals surface area contributed by atoms with Crippen LogP contribution in [0.25, 0.3) is 0 Å². The fourth-order valence-electron chi connectivity index (χ4n) is 4.84. The molecule has 0 aromatic carbocycles. The number of fused-ring (bicyclic) bond motifs is 1. The van der Waals surface area contributed by atoms with Crippen LogP contribution in [-0.4, -0.2) is 59.6 Å². The molecule has 2 aliphatic rings. The second-order valence-electron chi connectivity index (χ2n) is 9.20. The summed E-state index contributed by atoms with van der Waals surface area (Å²) in [5.41, 5.74) is 2.33. The first-order valence-corrected chi connectivity index (χ1v) is 14.8. The Kier molecular flexibility index (Phi) is 7.42. The fraction of sp³-hybridized carbons (Fsp3) is 0.478. The number of aromatic nitrogens is 3. The monoisotopic (exact) mass is 565 g/mol. The van der Waals surface area contributed by atoms with Crippen molar-refractivity contribution in [1.82, 2.24) is 15.0 Å². The fourth-order valence-corrected chi connectivity index (χ4v) is 7.25. The van der Waals surface area contributed by atoms with Gasteiger partial charge in [-0.2, -0.15) is 8.42 Å². The van der Waals surface area contributed by atoms with Crippen LogP contribution in [0.5, 0.6) is 0 Å². The third-order valence-electron chi connectivity index (χ3n) is 6.56. The average Bonchev–Trinajstić information content (AvgIpc) is 3.52. The van der Waals surface area contributed by atoms with Gasteiger partial charge in [-0.3, -0.25) is 8.98 Å². The molecule has 11 nitrogen and oxygen atoms in total. The molecule has 0 saturated heterocycles. The molecule has 5 rings (SSSR count). The van der Waals surface area contributed by atoms with Crippen LogP contribution in [0.4, 0.5) is 5.82 Å². The van der Waals surface area contributed by atoms with Crippen molar-refractivity contribution in [2.24, 2.45) is 11.1 Å². The Labute approximate surface area is 222 Å². The highest BCUT2D eigenvalue weighted by molar-refractivity contribution is 7.84. The minimum absolute atomic E-state index is 0.213. The Morgan fingerprint density at radius 1 is 1.32 bits per heavy atom. The topological polar surface area (TPSA) is 167 Å². The third kappa shape index (κ3) is 5.74. The summed E-state index contributed by atoms with van der Waals surface area (Å²) in [4.78, 5) is 29.2. The predicted octanol–water partition coefficient (Wildman–Crippen LogP) is 2.28. The zero-order valence-corrected chi connectivity index (χ0v) is 22.7. The number of carbonyl (C=O) groups is 1. The van der Waals surface area contributed by atoms with E-state index in [0.29, 0.717) is 35.7 Å². The molecule has 4 atom stereocenters. The van der Waals surface area contributed by atoms with Crippen molar-refractivity contribution in [2.45, 2.75) is 51.4 Å². The molecular formula is C23H27N5O6S3. The van der Waals surface area contributed by atoms with Crippen LogP contribution in [0, 0.1) is 19.8 Å². The lowest BCUT2D eigenvalue weighted by Crippen LogP contribution is -2.24. The second kappa shape index (κ2) is 10.4. The van der Waals surface area contributed by atoms with Gasteiger partial charge in [-0.05, 0) is 32.8 Å². The number of ether oxygens (including phenoxy) is 1. The number of nitrogens with one attached hydrogen (secondary N) is 1. The number of aryl methyl sites for hydroxylation is 2. The molecule has 3 aromatic rings. The maximum absolute atomic E-state index is 13.6. The molecule has 14 heteroatoms. The van der Waals surface area contributed by atoms with Crippen molar-refractivity contribution < 1.29 is 27.2 Å². The number of aliphatic hydroxyl groups is 1. The van der Waals surface area contributed by atoms with E-state index in [-0.39, 0.29) is 24.5 Å². The van der Waals surface area contributed by atoms with Gasteiger partial charge in [0.2, 0.25) is 5.78 Å². The highest BCUT2D eigenvalue weighted by Gasteiger charge is 2.35. The molecule has 0 amide bonds. The number of thiazole rings is 1. The van der Waals surface area contributed by atoms with Crippen molar-refractivity contribution >= 4 is 44.6 Å². The SMILES string of the molecule is Cc1nc2c(s1)C(c1cc(C(=O)c3cncnc3N[C@@H]3C[C@H](COS(N)(=O)=O)[C@@H](O)C3)sc1C)OCC2. The van der Waals surface area contributed by atoms with Crippen LogP contribution in [0.1, 0.15) is 60.2 Å². The third-order valence-corrected chi connectivity index (χ3v) is 9.15. The summed E-state index contributed by atoms with van der Waals surface area (Å²) < 4.78 is 33.0. The summed E-state index contributed by atoms with van der Waals surface area (Å²) in [7, 11) is -4.09. The average molecular weight is 566 g/mol. The van der Waals surface area contributed by atoms with Gasteiger partial charge < -0.3 is 15.2 Å². The summed E-state index contributed by atoms with van der Waals surface area (Å²) in [5.74, 6) is -0.284. The number of nitrogens with zero attached hydrogens (tertiary/aromatic N) is 3. The van der Waals surface area contributed by atoms with E-state index < -0.39 is 22.3 Å². The van der Waals surface area contributed by atoms with Gasteiger partial charge in [0.05, 0.1) is 45.3 Å². The number of thiophene rings is 1. The number of anilines is 1. The van der Waals surface area contributed by atoms with E-state index in [1.165, 1.54) is 23.9 Å². The standard InChI is InChI=1S/C23H27N5O6S3/c1-11-15(21-22-17(3-4-33-21)27-12(2)36-22)7-19(35-11)20(30)16-8-25-10-26-23(16)28-14-5-13(18(29)6-14)9-34-37(24,31)32/h7-8,10,13-14,18,21,29H,3-6,9H2,1-2H3,(H2,24,31,32)(H,25,26,28)/t13-,14-,18+,21?/m1/s1. The first kappa shape index (κ1) is 26.3. The Morgan fingerprint density at radius 2 is 2.14 bits per heavy atom. The second-order valence-corrected chi connectivity index (χ2v) is 12.9. The maximum atomic E-state index is 13.6. The van der Waals surface area contributed by atoms with Crippen LogP contribution in [0.2, 0.25) is 0 Å². The molecule has 0 spiro atoms. The summed E-state index contributed by atoms with van der Waals surface area (Å²) >= 11 is 3.02. The van der Waals surface area contributed by atoms with E-state index in [2.05, 4.69) is 24.5 Å². The smallest absolute Gasteiger partial charge is 0.333 e. The van der Waals surface area contributed by atoms with Gasteiger partial charge in [-0.25, -0.2) is 20.1 Å². The Hall–Kier alpha value is -2.33. The summed E-state index contributed by atoms with van der Waals surface area (Å²) in [6.45, 7) is 4.33. The highest BCUT2D eigenvalue weighted by Crippen LogP contribution is 2.41. The zero-order valence-electron chi connectivity index (χ0n) is 20.2. The van der Waals surface area contributed by atoms with Crippen molar-refractivity contribution in [3.8, 4) is 0 Å². The lowest BCUT2D eigenvalue weighted by Gasteiger charge is -2.22. The molecule has 0 bridgehead atoms. The van der Waals surface area contributed by atoms with Crippen molar-refractivity contribution in [2.75, 3.05) is 18.5 Å². The van der Waals surface area contributed by atoms with Crippen molar-refractivity contribution in [3.05, 3.63) is 55.1 Å². The zero-order chi connectivity index (χ0) is 26.3. The molecule has 4 N–H and O–H groups in total. The number of rotatable bonds is 8. The molecule has 4 heterocycles. The number of aliphatic hydroxyl groups excluding tert-OH is 1. The van der Waals surface area contributed by atoms with Crippen LogP contribution < -0.4 is 10.5 Å². The van der Waals surface area contributed by atoms with Gasteiger partial charge in [0.25, 0.3) is 0 Å². The van der Waals surface area contributed by atoms with Gasteiger partial charge in [0.1, 0.15) is 18.2 Å². The number of hydrogen-bond donors (Lipinski definition) is 3. The normalized spacial score (nSPS) is 23.7. The van der Waals surface area contributed by atoms with E-state index in [1.54, 1.807) is 11.3 Å². The molecule has 0 radical (unpaired) electrons. The first-order chi connectivity index (χ1) is 17.6. The van der Waals surface area contributed by atoms with Crippen LogP contribution in [0.15, 0.2) is 18.6 Å². The minimum Gasteiger partial charge on any atom is -0.393 e. The number of hydrogen-bond acceptors (Lipinski definition) is 12. The van der Waals surface area contributed by atoms with Gasteiger partial charge in [-0.15, -0.1) is 22.7 Å². The summed E-state index contributed by atoms with van der Waals surface area (Å²) in [6.07, 6.45) is 3.35. The van der Waals surface area contributed by atoms with Gasteiger partial charge in [0.15, 0.2) is 0 Å². The Morgan fingerprint density at radius 3 is 2.92 bits per heavy atom. The van der Waals surface area contributed by atoms with Crippen LogP contribution in [-0.2, 0) is 25.6 Å². The molecule has 1 saturated carbocycles. The van der Waals surface area contributed by atoms with E-state index in [0.717, 1.165) is 32.4 Å². The van der Waals surface area contributed by atoms with Gasteiger partial charge in [-0.1, -0.05) is 0 Å². The molecule has 198 valence electrons. The minimum atomic E-state index is -4.09. The molecule has 1 unspecified atom stereocenters. The number of nitrogens with two attached hydrogens (primary N) is 1. The van der Waals surface area contributed by atoms with Crippen LogP contribution in [0.3, 0.4) is 0 Å². The predicted molar refractivity (Wildman–Crippen MR) is 138 cm³/mol. The maximum Gasteiger partial charge on any atom is 0.333 e. The largest absolute Gasteiger partial charge is 0.393 e. The molecule has 37 heavy (non-hydrogen) atoms. The van der Waals surface area contributed by atoms with E-state index >= 15 is 0 Å². The number of carbonyl (C=O) groups excluding carboxylic acids is 1.